The summed E-state index contributed by atoms with van der Waals surface area (Å²) in [6.45, 7) is 5.08. The molecule has 1 heterocycles. The molecule has 1 aromatic heterocycles. The van der Waals surface area contributed by atoms with Gasteiger partial charge in [-0.25, -0.2) is 9.97 Å². The van der Waals surface area contributed by atoms with E-state index in [-0.39, 0.29) is 0 Å². The van der Waals surface area contributed by atoms with Gasteiger partial charge in [0.15, 0.2) is 0 Å². The van der Waals surface area contributed by atoms with E-state index >= 15 is 0 Å². The van der Waals surface area contributed by atoms with E-state index in [2.05, 4.69) is 23.8 Å². The lowest BCUT2D eigenvalue weighted by Crippen LogP contribution is -1.97. The Bertz CT molecular complexity index is 628. The molecule has 0 aliphatic heterocycles. The molecule has 1 aromatic carbocycles. The smallest absolute Gasteiger partial charge is 0.137 e. The molecule has 0 aliphatic carbocycles. The summed E-state index contributed by atoms with van der Waals surface area (Å²) in [6.07, 6.45) is 13.2. The zero-order valence-corrected chi connectivity index (χ0v) is 16.2. The van der Waals surface area contributed by atoms with Crippen LogP contribution in [-0.2, 0) is 6.42 Å². The van der Waals surface area contributed by atoms with Crippen molar-refractivity contribution >= 4 is 11.6 Å². The molecule has 0 amide bonds. The average molecular weight is 361 g/mol. The quantitative estimate of drug-likeness (QED) is 0.429. The Kier molecular flexibility index (Phi) is 8.75. The second kappa shape index (κ2) is 11.1. The summed E-state index contributed by atoms with van der Waals surface area (Å²) >= 11 is 6.33. The summed E-state index contributed by atoms with van der Waals surface area (Å²) in [5, 5.41) is 0.633. The van der Waals surface area contributed by atoms with Gasteiger partial charge in [0.25, 0.3) is 0 Å². The minimum absolute atomic E-state index is 0.633. The molecule has 0 fully saturated rings. The van der Waals surface area contributed by atoms with Crippen LogP contribution in [0, 0.1) is 0 Å². The highest BCUT2D eigenvalue weighted by Gasteiger charge is 2.06. The van der Waals surface area contributed by atoms with Gasteiger partial charge in [0, 0.05) is 24.4 Å². The maximum atomic E-state index is 6.33. The van der Waals surface area contributed by atoms with Crippen LogP contribution in [0.1, 0.15) is 64.6 Å². The first-order chi connectivity index (χ1) is 12.2. The first-order valence-corrected chi connectivity index (χ1v) is 9.86. The van der Waals surface area contributed by atoms with E-state index in [0.717, 1.165) is 48.4 Å². The SMILES string of the molecule is CCCCCCCc1ncc(-c2ccc(OCCCC)c(Cl)c2)cn1. The van der Waals surface area contributed by atoms with Crippen LogP contribution in [0.3, 0.4) is 0 Å². The first-order valence-electron chi connectivity index (χ1n) is 9.48. The van der Waals surface area contributed by atoms with Crippen LogP contribution in [0.4, 0.5) is 0 Å². The maximum Gasteiger partial charge on any atom is 0.137 e. The molecule has 0 bridgehead atoms. The number of aromatic nitrogens is 2. The minimum atomic E-state index is 0.633. The van der Waals surface area contributed by atoms with Crippen LogP contribution >= 0.6 is 11.6 Å². The van der Waals surface area contributed by atoms with E-state index in [4.69, 9.17) is 16.3 Å². The molecule has 136 valence electrons. The van der Waals surface area contributed by atoms with E-state index in [0.29, 0.717) is 11.6 Å². The van der Waals surface area contributed by atoms with E-state index < -0.39 is 0 Å². The van der Waals surface area contributed by atoms with Crippen LogP contribution in [0.15, 0.2) is 30.6 Å². The van der Waals surface area contributed by atoms with E-state index in [1.54, 1.807) is 0 Å². The van der Waals surface area contributed by atoms with E-state index in [1.165, 1.54) is 25.7 Å². The monoisotopic (exact) mass is 360 g/mol. The highest BCUT2D eigenvalue weighted by atomic mass is 35.5. The van der Waals surface area contributed by atoms with Crippen molar-refractivity contribution in [3.05, 3.63) is 41.4 Å². The van der Waals surface area contributed by atoms with Crippen molar-refractivity contribution in [2.75, 3.05) is 6.61 Å². The fraction of sp³-hybridized carbons (Fsp3) is 0.524. The van der Waals surface area contributed by atoms with Gasteiger partial charge < -0.3 is 4.74 Å². The van der Waals surface area contributed by atoms with Gasteiger partial charge in [-0.05, 0) is 30.5 Å². The number of unbranched alkanes of at least 4 members (excludes halogenated alkanes) is 5. The van der Waals surface area contributed by atoms with Crippen LogP contribution < -0.4 is 4.74 Å². The summed E-state index contributed by atoms with van der Waals surface area (Å²) in [4.78, 5) is 9.00. The van der Waals surface area contributed by atoms with E-state index in [9.17, 15) is 0 Å². The van der Waals surface area contributed by atoms with Gasteiger partial charge in [0.05, 0.1) is 11.6 Å². The molecule has 0 atom stereocenters. The molecule has 2 aromatic rings. The Morgan fingerprint density at radius 1 is 0.880 bits per heavy atom. The molecule has 0 unspecified atom stereocenters. The number of benzene rings is 1. The standard InChI is InChI=1S/C21H29ClN2O/c1-3-5-7-8-9-10-21-23-15-18(16-24-21)17-11-12-20(19(22)14-17)25-13-6-4-2/h11-12,14-16H,3-10,13H2,1-2H3. The zero-order valence-electron chi connectivity index (χ0n) is 15.4. The summed E-state index contributed by atoms with van der Waals surface area (Å²) < 4.78 is 5.70. The number of hydrogen-bond acceptors (Lipinski definition) is 3. The average Bonchev–Trinajstić information content (AvgIpc) is 2.63. The normalized spacial score (nSPS) is 10.8. The maximum absolute atomic E-state index is 6.33. The number of nitrogens with zero attached hydrogens (tertiary/aromatic N) is 2. The summed E-state index contributed by atoms with van der Waals surface area (Å²) in [6, 6.07) is 5.86. The number of halogens is 1. The highest BCUT2D eigenvalue weighted by molar-refractivity contribution is 6.32. The molecule has 4 heteroatoms. The third-order valence-electron chi connectivity index (χ3n) is 4.23. The molecular weight excluding hydrogens is 332 g/mol. The molecule has 25 heavy (non-hydrogen) atoms. The summed E-state index contributed by atoms with van der Waals surface area (Å²) in [7, 11) is 0. The van der Waals surface area contributed by atoms with Crippen molar-refractivity contribution in [3.8, 4) is 16.9 Å². The van der Waals surface area contributed by atoms with E-state index in [1.807, 2.05) is 30.6 Å². The fourth-order valence-corrected chi connectivity index (χ4v) is 2.88. The lowest BCUT2D eigenvalue weighted by molar-refractivity contribution is 0.309. The van der Waals surface area contributed by atoms with Crippen LogP contribution in [-0.4, -0.2) is 16.6 Å². The van der Waals surface area contributed by atoms with Crippen molar-refractivity contribution in [3.63, 3.8) is 0 Å². The molecule has 0 spiro atoms. The van der Waals surface area contributed by atoms with Gasteiger partial charge in [-0.2, -0.15) is 0 Å². The lowest BCUT2D eigenvalue weighted by atomic mass is 10.1. The molecule has 0 radical (unpaired) electrons. The zero-order chi connectivity index (χ0) is 17.9. The molecule has 3 nitrogen and oxygen atoms in total. The third-order valence-corrected chi connectivity index (χ3v) is 4.53. The third kappa shape index (κ3) is 6.66. The van der Waals surface area contributed by atoms with Gasteiger partial charge in [0.1, 0.15) is 11.6 Å². The molecule has 0 saturated heterocycles. The number of rotatable bonds is 11. The molecular formula is C21H29ClN2O. The van der Waals surface area contributed by atoms with Gasteiger partial charge in [-0.3, -0.25) is 0 Å². The minimum Gasteiger partial charge on any atom is -0.492 e. The Hall–Kier alpha value is -1.61. The van der Waals surface area contributed by atoms with Crippen molar-refractivity contribution in [2.24, 2.45) is 0 Å². The van der Waals surface area contributed by atoms with Crippen LogP contribution in [0.25, 0.3) is 11.1 Å². The largest absolute Gasteiger partial charge is 0.492 e. The lowest BCUT2D eigenvalue weighted by Gasteiger charge is -2.09. The Labute approximate surface area is 156 Å². The van der Waals surface area contributed by atoms with Gasteiger partial charge in [-0.15, -0.1) is 0 Å². The molecule has 2 rings (SSSR count). The van der Waals surface area contributed by atoms with Crippen LogP contribution in [0.5, 0.6) is 5.75 Å². The predicted octanol–water partition coefficient (Wildman–Crippen LogP) is 6.49. The highest BCUT2D eigenvalue weighted by Crippen LogP contribution is 2.30. The number of hydrogen-bond donors (Lipinski definition) is 0. The van der Waals surface area contributed by atoms with Crippen LogP contribution in [0.2, 0.25) is 5.02 Å². The van der Waals surface area contributed by atoms with Gasteiger partial charge >= 0.3 is 0 Å². The predicted molar refractivity (Wildman–Crippen MR) is 105 cm³/mol. The first kappa shape index (κ1) is 19.7. The second-order valence-electron chi connectivity index (χ2n) is 6.40. The second-order valence-corrected chi connectivity index (χ2v) is 6.81. The molecule has 0 aliphatic rings. The van der Waals surface area contributed by atoms with Crippen molar-refractivity contribution in [1.82, 2.24) is 9.97 Å². The van der Waals surface area contributed by atoms with Gasteiger partial charge in [-0.1, -0.05) is 63.6 Å². The fourth-order valence-electron chi connectivity index (χ4n) is 2.64. The summed E-state index contributed by atoms with van der Waals surface area (Å²) in [5.74, 6) is 1.66. The van der Waals surface area contributed by atoms with Crippen molar-refractivity contribution < 1.29 is 4.74 Å². The number of ether oxygens (including phenoxy) is 1. The van der Waals surface area contributed by atoms with Crippen molar-refractivity contribution in [2.45, 2.75) is 65.2 Å². The van der Waals surface area contributed by atoms with Crippen molar-refractivity contribution in [1.29, 1.82) is 0 Å². The Morgan fingerprint density at radius 3 is 2.28 bits per heavy atom. The molecule has 0 N–H and O–H groups in total. The summed E-state index contributed by atoms with van der Waals surface area (Å²) in [5.41, 5.74) is 2.00. The number of aryl methyl sites for hydroxylation is 1. The Balaban J connectivity index is 1.91. The molecule has 0 saturated carbocycles. The Morgan fingerprint density at radius 2 is 1.60 bits per heavy atom. The van der Waals surface area contributed by atoms with Gasteiger partial charge in [0.2, 0.25) is 0 Å². The topological polar surface area (TPSA) is 35.0 Å².